The Morgan fingerprint density at radius 2 is 2.67 bits per heavy atom. The fourth-order valence-corrected chi connectivity index (χ4v) is 2.18. The average Bonchev–Trinajstić information content (AvgIpc) is 2.67. The lowest BCUT2D eigenvalue weighted by molar-refractivity contribution is 0.773. The van der Waals surface area contributed by atoms with Gasteiger partial charge in [0.05, 0.1) is 0 Å². The van der Waals surface area contributed by atoms with Crippen molar-refractivity contribution in [2.75, 3.05) is 5.32 Å². The van der Waals surface area contributed by atoms with Crippen molar-refractivity contribution in [3.05, 3.63) is 3.95 Å². The second kappa shape index (κ2) is 3.14. The minimum absolute atomic E-state index is 0.643. The standard InChI is InChI=1S/C7H11N3S2/c1-2-4-3-5(4)8-6-9-10-7(11)12-6/h4-5H,2-3H2,1H3,(H,8,9)(H,10,11). The Bertz CT molecular complexity index is 316. The molecule has 0 amide bonds. The summed E-state index contributed by atoms with van der Waals surface area (Å²) in [5.41, 5.74) is 0. The van der Waals surface area contributed by atoms with E-state index in [1.54, 1.807) is 0 Å². The third kappa shape index (κ3) is 1.67. The van der Waals surface area contributed by atoms with Crippen molar-refractivity contribution in [1.29, 1.82) is 0 Å². The van der Waals surface area contributed by atoms with Gasteiger partial charge in [-0.25, -0.2) is 0 Å². The highest BCUT2D eigenvalue weighted by Gasteiger charge is 2.35. The maximum atomic E-state index is 4.92. The molecule has 1 aliphatic rings. The molecule has 0 saturated heterocycles. The van der Waals surface area contributed by atoms with E-state index in [9.17, 15) is 0 Å². The monoisotopic (exact) mass is 201 g/mol. The number of rotatable bonds is 3. The molecule has 2 rings (SSSR count). The summed E-state index contributed by atoms with van der Waals surface area (Å²) in [5, 5.41) is 11.1. The van der Waals surface area contributed by atoms with Crippen LogP contribution in [0, 0.1) is 9.87 Å². The second-order valence-corrected chi connectivity index (χ2v) is 4.74. The minimum atomic E-state index is 0.643. The van der Waals surface area contributed by atoms with E-state index in [0.29, 0.717) is 6.04 Å². The van der Waals surface area contributed by atoms with Gasteiger partial charge in [0.15, 0.2) is 3.95 Å². The third-order valence-electron chi connectivity index (χ3n) is 2.19. The van der Waals surface area contributed by atoms with Gasteiger partial charge in [-0.2, -0.15) is 0 Å². The maximum Gasteiger partial charge on any atom is 0.204 e. The van der Waals surface area contributed by atoms with Gasteiger partial charge in [-0.3, -0.25) is 5.10 Å². The van der Waals surface area contributed by atoms with Gasteiger partial charge < -0.3 is 5.32 Å². The molecule has 0 aromatic carbocycles. The van der Waals surface area contributed by atoms with Gasteiger partial charge in [0.2, 0.25) is 5.13 Å². The largest absolute Gasteiger partial charge is 0.357 e. The van der Waals surface area contributed by atoms with Crippen LogP contribution in [0.25, 0.3) is 0 Å². The van der Waals surface area contributed by atoms with Crippen molar-refractivity contribution >= 4 is 28.7 Å². The van der Waals surface area contributed by atoms with Crippen molar-refractivity contribution in [3.63, 3.8) is 0 Å². The molecule has 1 heterocycles. The SMILES string of the molecule is CCC1CC1Nc1n[nH]c(=S)s1. The molecule has 1 fully saturated rings. The summed E-state index contributed by atoms with van der Waals surface area (Å²) < 4.78 is 0.742. The van der Waals surface area contributed by atoms with Gasteiger partial charge in [-0.15, -0.1) is 5.10 Å². The van der Waals surface area contributed by atoms with Crippen LogP contribution in [0.2, 0.25) is 0 Å². The fourth-order valence-electron chi connectivity index (χ4n) is 1.33. The Labute approximate surface area is 80.2 Å². The highest BCUT2D eigenvalue weighted by atomic mass is 32.1. The van der Waals surface area contributed by atoms with Gasteiger partial charge in [-0.1, -0.05) is 24.7 Å². The molecule has 1 saturated carbocycles. The summed E-state index contributed by atoms with van der Waals surface area (Å²) in [6.07, 6.45) is 2.54. The van der Waals surface area contributed by atoms with Crippen molar-refractivity contribution < 1.29 is 0 Å². The van der Waals surface area contributed by atoms with Crippen molar-refractivity contribution in [1.82, 2.24) is 10.2 Å². The first kappa shape index (κ1) is 8.19. The molecule has 0 spiro atoms. The van der Waals surface area contributed by atoms with Crippen molar-refractivity contribution in [2.45, 2.75) is 25.8 Å². The predicted molar refractivity (Wildman–Crippen MR) is 53.1 cm³/mol. The minimum Gasteiger partial charge on any atom is -0.357 e. The molecular formula is C7H11N3S2. The van der Waals surface area contributed by atoms with Crippen LogP contribution in [0.4, 0.5) is 5.13 Å². The lowest BCUT2D eigenvalue weighted by Gasteiger charge is -1.97. The van der Waals surface area contributed by atoms with E-state index in [2.05, 4.69) is 22.4 Å². The van der Waals surface area contributed by atoms with E-state index < -0.39 is 0 Å². The number of nitrogens with one attached hydrogen (secondary N) is 2. The first-order valence-corrected chi connectivity index (χ1v) is 5.34. The van der Waals surface area contributed by atoms with E-state index in [0.717, 1.165) is 15.0 Å². The van der Waals surface area contributed by atoms with Crippen LogP contribution in [-0.4, -0.2) is 16.2 Å². The lowest BCUT2D eigenvalue weighted by atomic mass is 10.3. The van der Waals surface area contributed by atoms with Gasteiger partial charge in [0.25, 0.3) is 0 Å². The molecule has 2 N–H and O–H groups in total. The van der Waals surface area contributed by atoms with Crippen LogP contribution < -0.4 is 5.32 Å². The number of anilines is 1. The molecule has 1 aromatic heterocycles. The molecule has 12 heavy (non-hydrogen) atoms. The van der Waals surface area contributed by atoms with E-state index in [-0.39, 0.29) is 0 Å². The lowest BCUT2D eigenvalue weighted by Crippen LogP contribution is -2.03. The Morgan fingerprint density at radius 1 is 1.83 bits per heavy atom. The number of aromatic nitrogens is 2. The Morgan fingerprint density at radius 3 is 3.17 bits per heavy atom. The predicted octanol–water partition coefficient (Wildman–Crippen LogP) is 2.41. The summed E-state index contributed by atoms with van der Waals surface area (Å²) in [6.45, 7) is 2.22. The molecule has 2 unspecified atom stereocenters. The zero-order valence-corrected chi connectivity index (χ0v) is 8.47. The zero-order chi connectivity index (χ0) is 8.55. The summed E-state index contributed by atoms with van der Waals surface area (Å²) >= 11 is 6.43. The molecule has 1 aromatic rings. The first-order valence-electron chi connectivity index (χ1n) is 4.11. The maximum absolute atomic E-state index is 4.92. The normalized spacial score (nSPS) is 27.1. The Balaban J connectivity index is 1.93. The zero-order valence-electron chi connectivity index (χ0n) is 6.83. The summed E-state index contributed by atoms with van der Waals surface area (Å²) in [5.74, 6) is 0.850. The molecule has 0 aliphatic heterocycles. The fraction of sp³-hybridized carbons (Fsp3) is 0.714. The van der Waals surface area contributed by atoms with E-state index >= 15 is 0 Å². The van der Waals surface area contributed by atoms with E-state index in [1.807, 2.05) is 0 Å². The van der Waals surface area contributed by atoms with Crippen LogP contribution >= 0.6 is 23.6 Å². The van der Waals surface area contributed by atoms with Crippen LogP contribution in [0.5, 0.6) is 0 Å². The van der Waals surface area contributed by atoms with Crippen molar-refractivity contribution in [2.24, 2.45) is 5.92 Å². The van der Waals surface area contributed by atoms with Crippen LogP contribution in [0.15, 0.2) is 0 Å². The molecule has 3 nitrogen and oxygen atoms in total. The summed E-state index contributed by atoms with van der Waals surface area (Å²) in [7, 11) is 0. The van der Waals surface area contributed by atoms with Crippen LogP contribution in [0.3, 0.4) is 0 Å². The van der Waals surface area contributed by atoms with Gasteiger partial charge in [0.1, 0.15) is 0 Å². The number of hydrogen-bond donors (Lipinski definition) is 2. The highest BCUT2D eigenvalue weighted by molar-refractivity contribution is 7.73. The third-order valence-corrected chi connectivity index (χ3v) is 3.21. The number of aromatic amines is 1. The second-order valence-electron chi connectivity index (χ2n) is 3.07. The van der Waals surface area contributed by atoms with Gasteiger partial charge in [-0.05, 0) is 24.6 Å². The van der Waals surface area contributed by atoms with Gasteiger partial charge >= 0.3 is 0 Å². The Hall–Kier alpha value is -0.420. The smallest absolute Gasteiger partial charge is 0.204 e. The number of H-pyrrole nitrogens is 1. The average molecular weight is 201 g/mol. The summed E-state index contributed by atoms with van der Waals surface area (Å²) in [4.78, 5) is 0. The topological polar surface area (TPSA) is 40.7 Å². The molecule has 0 radical (unpaired) electrons. The van der Waals surface area contributed by atoms with E-state index in [1.165, 1.54) is 24.2 Å². The molecule has 1 aliphatic carbocycles. The Kier molecular flexibility index (Phi) is 2.14. The van der Waals surface area contributed by atoms with Crippen molar-refractivity contribution in [3.8, 4) is 0 Å². The summed E-state index contributed by atoms with van der Waals surface area (Å²) in [6, 6.07) is 0.643. The van der Waals surface area contributed by atoms with Crippen LogP contribution in [-0.2, 0) is 0 Å². The highest BCUT2D eigenvalue weighted by Crippen LogP contribution is 2.36. The quantitative estimate of drug-likeness (QED) is 0.738. The first-order chi connectivity index (χ1) is 5.79. The molecule has 66 valence electrons. The molecule has 0 bridgehead atoms. The molecule has 2 atom stereocenters. The van der Waals surface area contributed by atoms with Crippen LogP contribution in [0.1, 0.15) is 19.8 Å². The van der Waals surface area contributed by atoms with E-state index in [4.69, 9.17) is 12.2 Å². The number of nitrogens with zero attached hydrogens (tertiary/aromatic N) is 1. The van der Waals surface area contributed by atoms with Gasteiger partial charge in [0, 0.05) is 6.04 Å². The molecular weight excluding hydrogens is 190 g/mol. The number of hydrogen-bond acceptors (Lipinski definition) is 4. The molecule has 5 heteroatoms.